The zero-order valence-corrected chi connectivity index (χ0v) is 12.7. The van der Waals surface area contributed by atoms with Gasteiger partial charge in [0.1, 0.15) is 0 Å². The number of amides is 2. The Bertz CT molecular complexity index is 369. The van der Waals surface area contributed by atoms with E-state index in [1.54, 1.807) is 11.9 Å². The molecule has 0 aromatic rings. The van der Waals surface area contributed by atoms with E-state index in [2.05, 4.69) is 5.32 Å². The molecule has 1 saturated carbocycles. The summed E-state index contributed by atoms with van der Waals surface area (Å²) in [6.45, 7) is 2.24. The topological polar surface area (TPSA) is 78.9 Å². The van der Waals surface area contributed by atoms with Gasteiger partial charge in [0.15, 0.2) is 0 Å². The van der Waals surface area contributed by atoms with Gasteiger partial charge in [-0.05, 0) is 31.6 Å². The molecule has 0 aromatic heterocycles. The highest BCUT2D eigenvalue weighted by atomic mass is 16.5. The minimum Gasteiger partial charge on any atom is -0.481 e. The number of hydrogen-bond donors (Lipinski definition) is 2. The number of carboxylic acid groups (broad SMARTS) is 1. The Balaban J connectivity index is 1.82. The van der Waals surface area contributed by atoms with Crippen LogP contribution < -0.4 is 5.32 Å². The maximum atomic E-state index is 12.2. The summed E-state index contributed by atoms with van der Waals surface area (Å²) >= 11 is 0. The second-order valence-electron chi connectivity index (χ2n) is 6.22. The molecule has 0 aromatic carbocycles. The van der Waals surface area contributed by atoms with E-state index in [0.29, 0.717) is 18.9 Å². The lowest BCUT2D eigenvalue weighted by Crippen LogP contribution is -2.50. The van der Waals surface area contributed by atoms with Crippen LogP contribution >= 0.6 is 0 Å². The number of hydrogen-bond acceptors (Lipinski definition) is 3. The van der Waals surface area contributed by atoms with E-state index in [9.17, 15) is 14.7 Å². The molecule has 1 saturated heterocycles. The van der Waals surface area contributed by atoms with E-state index in [-0.39, 0.29) is 12.1 Å². The molecule has 2 aliphatic rings. The molecule has 0 radical (unpaired) electrons. The highest BCUT2D eigenvalue weighted by molar-refractivity contribution is 5.76. The van der Waals surface area contributed by atoms with Gasteiger partial charge in [0.2, 0.25) is 0 Å². The Morgan fingerprint density at radius 2 is 1.86 bits per heavy atom. The lowest BCUT2D eigenvalue weighted by Gasteiger charge is -2.32. The highest BCUT2D eigenvalue weighted by Crippen LogP contribution is 2.25. The number of urea groups is 1. The fraction of sp³-hybridized carbons (Fsp3) is 0.867. The average Bonchev–Trinajstić information content (AvgIpc) is 2.48. The van der Waals surface area contributed by atoms with Gasteiger partial charge in [-0.25, -0.2) is 4.79 Å². The number of carbonyl (C=O) groups excluding carboxylic acids is 1. The zero-order valence-electron chi connectivity index (χ0n) is 12.7. The second kappa shape index (κ2) is 7.64. The Morgan fingerprint density at radius 3 is 2.52 bits per heavy atom. The molecule has 2 amide bonds. The molecule has 2 unspecified atom stereocenters. The van der Waals surface area contributed by atoms with Crippen molar-refractivity contribution in [3.05, 3.63) is 0 Å². The first kappa shape index (κ1) is 16.1. The first-order chi connectivity index (χ1) is 10.1. The number of ether oxygens (including phenoxy) is 1. The number of rotatable bonds is 4. The van der Waals surface area contributed by atoms with E-state index >= 15 is 0 Å². The summed E-state index contributed by atoms with van der Waals surface area (Å²) < 4.78 is 5.32. The van der Waals surface area contributed by atoms with Crippen LogP contribution in [0.1, 0.15) is 38.5 Å². The second-order valence-corrected chi connectivity index (χ2v) is 6.22. The third kappa shape index (κ3) is 4.59. The summed E-state index contributed by atoms with van der Waals surface area (Å²) in [4.78, 5) is 25.2. The van der Waals surface area contributed by atoms with Crippen LogP contribution in [0.2, 0.25) is 0 Å². The summed E-state index contributed by atoms with van der Waals surface area (Å²) in [5, 5.41) is 12.2. The van der Waals surface area contributed by atoms with Gasteiger partial charge >= 0.3 is 12.0 Å². The first-order valence-corrected chi connectivity index (χ1v) is 7.90. The summed E-state index contributed by atoms with van der Waals surface area (Å²) in [6.07, 6.45) is 5.30. The SMILES string of the molecule is CN(CC1CCOCC1)C(=O)NC1CCCCC1C(=O)O. The number of aliphatic carboxylic acids is 1. The average molecular weight is 298 g/mol. The van der Waals surface area contributed by atoms with Crippen LogP contribution in [0.15, 0.2) is 0 Å². The van der Waals surface area contributed by atoms with Crippen molar-refractivity contribution in [3.63, 3.8) is 0 Å². The van der Waals surface area contributed by atoms with Crippen LogP contribution in [0.5, 0.6) is 0 Å². The molecule has 0 spiro atoms. The maximum absolute atomic E-state index is 12.2. The molecular weight excluding hydrogens is 272 g/mol. The number of carboxylic acids is 1. The van der Waals surface area contributed by atoms with Gasteiger partial charge in [0, 0.05) is 32.8 Å². The van der Waals surface area contributed by atoms with Gasteiger partial charge in [-0.1, -0.05) is 12.8 Å². The van der Waals surface area contributed by atoms with Crippen LogP contribution in [-0.4, -0.2) is 54.9 Å². The zero-order chi connectivity index (χ0) is 15.2. The van der Waals surface area contributed by atoms with E-state index in [1.807, 2.05) is 0 Å². The van der Waals surface area contributed by atoms with Gasteiger partial charge in [0.25, 0.3) is 0 Å². The Labute approximate surface area is 125 Å². The monoisotopic (exact) mass is 298 g/mol. The minimum absolute atomic E-state index is 0.153. The number of nitrogens with zero attached hydrogens (tertiary/aromatic N) is 1. The van der Waals surface area contributed by atoms with Crippen molar-refractivity contribution in [3.8, 4) is 0 Å². The molecule has 2 rings (SSSR count). The van der Waals surface area contributed by atoms with Crippen LogP contribution in [0, 0.1) is 11.8 Å². The van der Waals surface area contributed by atoms with Crippen LogP contribution in [0.4, 0.5) is 4.79 Å². The highest BCUT2D eigenvalue weighted by Gasteiger charge is 2.32. The largest absolute Gasteiger partial charge is 0.481 e. The molecule has 2 N–H and O–H groups in total. The summed E-state index contributed by atoms with van der Waals surface area (Å²) in [7, 11) is 1.78. The van der Waals surface area contributed by atoms with Crippen molar-refractivity contribution in [2.24, 2.45) is 11.8 Å². The predicted molar refractivity (Wildman–Crippen MR) is 78.1 cm³/mol. The van der Waals surface area contributed by atoms with Crippen LogP contribution in [0.25, 0.3) is 0 Å². The molecule has 2 fully saturated rings. The Morgan fingerprint density at radius 1 is 1.19 bits per heavy atom. The summed E-state index contributed by atoms with van der Waals surface area (Å²) in [5.74, 6) is -0.762. The Kier molecular flexibility index (Phi) is 5.85. The van der Waals surface area contributed by atoms with Crippen molar-refractivity contribution in [1.29, 1.82) is 0 Å². The molecule has 21 heavy (non-hydrogen) atoms. The van der Waals surface area contributed by atoms with Crippen LogP contribution in [-0.2, 0) is 9.53 Å². The van der Waals surface area contributed by atoms with Crippen molar-refractivity contribution in [2.45, 2.75) is 44.6 Å². The fourth-order valence-corrected chi connectivity index (χ4v) is 3.27. The molecule has 1 aliphatic heterocycles. The van der Waals surface area contributed by atoms with E-state index in [0.717, 1.165) is 45.3 Å². The van der Waals surface area contributed by atoms with Crippen molar-refractivity contribution in [1.82, 2.24) is 10.2 Å². The fourth-order valence-electron chi connectivity index (χ4n) is 3.27. The predicted octanol–water partition coefficient (Wildman–Crippen LogP) is 1.70. The van der Waals surface area contributed by atoms with E-state index in [1.165, 1.54) is 0 Å². The third-order valence-corrected chi connectivity index (χ3v) is 4.61. The molecular formula is C15H26N2O4. The standard InChI is InChI=1S/C15H26N2O4/c1-17(10-11-6-8-21-9-7-11)15(20)16-13-5-3-2-4-12(13)14(18)19/h11-13H,2-10H2,1H3,(H,16,20)(H,18,19). The third-order valence-electron chi connectivity index (χ3n) is 4.61. The van der Waals surface area contributed by atoms with E-state index < -0.39 is 11.9 Å². The smallest absolute Gasteiger partial charge is 0.317 e. The molecule has 1 heterocycles. The van der Waals surface area contributed by atoms with Gasteiger partial charge in [-0.15, -0.1) is 0 Å². The maximum Gasteiger partial charge on any atom is 0.317 e. The lowest BCUT2D eigenvalue weighted by molar-refractivity contribution is -0.143. The Hall–Kier alpha value is -1.30. The normalized spacial score (nSPS) is 27.1. The van der Waals surface area contributed by atoms with Gasteiger partial charge < -0.3 is 20.1 Å². The molecule has 1 aliphatic carbocycles. The van der Waals surface area contributed by atoms with Gasteiger partial charge in [-0.3, -0.25) is 4.79 Å². The lowest BCUT2D eigenvalue weighted by atomic mass is 9.84. The minimum atomic E-state index is -0.799. The van der Waals surface area contributed by atoms with Crippen LogP contribution in [0.3, 0.4) is 0 Å². The molecule has 120 valence electrons. The summed E-state index contributed by atoms with van der Waals surface area (Å²) in [5.41, 5.74) is 0. The van der Waals surface area contributed by atoms with Crippen molar-refractivity contribution >= 4 is 12.0 Å². The van der Waals surface area contributed by atoms with Crippen molar-refractivity contribution < 1.29 is 19.4 Å². The first-order valence-electron chi connectivity index (χ1n) is 7.90. The van der Waals surface area contributed by atoms with Crippen molar-refractivity contribution in [2.75, 3.05) is 26.8 Å². The molecule has 6 heteroatoms. The van der Waals surface area contributed by atoms with E-state index in [4.69, 9.17) is 4.74 Å². The molecule has 2 atom stereocenters. The number of carbonyl (C=O) groups is 2. The summed E-state index contributed by atoms with van der Waals surface area (Å²) in [6, 6.07) is -0.388. The quantitative estimate of drug-likeness (QED) is 0.828. The number of nitrogens with one attached hydrogen (secondary N) is 1. The molecule has 6 nitrogen and oxygen atoms in total. The van der Waals surface area contributed by atoms with Gasteiger partial charge in [0.05, 0.1) is 5.92 Å². The van der Waals surface area contributed by atoms with Gasteiger partial charge in [-0.2, -0.15) is 0 Å². The molecule has 0 bridgehead atoms.